The molecule has 6 nitrogen and oxygen atoms in total. The predicted octanol–water partition coefficient (Wildman–Crippen LogP) is 4.90. The Hall–Kier alpha value is -3.32. The van der Waals surface area contributed by atoms with Crippen LogP contribution in [-0.2, 0) is 10.0 Å². The second kappa shape index (κ2) is 9.22. The lowest BCUT2D eigenvalue weighted by molar-refractivity contribution is 0.102. The van der Waals surface area contributed by atoms with Gasteiger partial charge in [0.15, 0.2) is 0 Å². The van der Waals surface area contributed by atoms with Gasteiger partial charge in [-0.05, 0) is 53.9 Å². The fourth-order valence-electron chi connectivity index (χ4n) is 3.26. The summed E-state index contributed by atoms with van der Waals surface area (Å²) in [5.74, 6) is 0.415. The number of ether oxygens (including phenoxy) is 1. The van der Waals surface area contributed by atoms with E-state index in [-0.39, 0.29) is 16.7 Å². The van der Waals surface area contributed by atoms with Crippen LogP contribution < -0.4 is 14.4 Å². The summed E-state index contributed by atoms with van der Waals surface area (Å²) in [7, 11) is -0.863. The van der Waals surface area contributed by atoms with Gasteiger partial charge in [0.2, 0.25) is 0 Å². The van der Waals surface area contributed by atoms with E-state index in [9.17, 15) is 13.2 Å². The number of amides is 1. The zero-order valence-electron chi connectivity index (χ0n) is 18.0. The van der Waals surface area contributed by atoms with E-state index in [4.69, 9.17) is 4.74 Å². The Morgan fingerprint density at radius 3 is 2.19 bits per heavy atom. The van der Waals surface area contributed by atoms with E-state index in [0.29, 0.717) is 17.0 Å². The number of carbonyl (C=O) groups is 1. The summed E-state index contributed by atoms with van der Waals surface area (Å²) >= 11 is 0. The molecule has 3 aromatic carbocycles. The second-order valence-electron chi connectivity index (χ2n) is 7.36. The molecule has 31 heavy (non-hydrogen) atoms. The summed E-state index contributed by atoms with van der Waals surface area (Å²) < 4.78 is 32.6. The molecule has 0 fully saturated rings. The molecule has 7 heteroatoms. The van der Waals surface area contributed by atoms with Crippen molar-refractivity contribution in [1.29, 1.82) is 0 Å². The average Bonchev–Trinajstić information content (AvgIpc) is 2.78. The summed E-state index contributed by atoms with van der Waals surface area (Å²) in [5, 5.41) is 2.91. The summed E-state index contributed by atoms with van der Waals surface area (Å²) in [6.07, 6.45) is 0. The molecule has 0 aromatic heterocycles. The van der Waals surface area contributed by atoms with E-state index in [1.807, 2.05) is 24.3 Å². The van der Waals surface area contributed by atoms with Crippen molar-refractivity contribution in [3.8, 4) is 5.75 Å². The Bertz CT molecular complexity index is 1170. The molecular formula is C24H26N2O4S. The van der Waals surface area contributed by atoms with E-state index < -0.39 is 10.0 Å². The van der Waals surface area contributed by atoms with Gasteiger partial charge < -0.3 is 10.1 Å². The van der Waals surface area contributed by atoms with Crippen molar-refractivity contribution in [3.05, 3.63) is 83.9 Å². The van der Waals surface area contributed by atoms with Crippen LogP contribution in [0.25, 0.3) is 0 Å². The van der Waals surface area contributed by atoms with Crippen molar-refractivity contribution in [2.45, 2.75) is 24.7 Å². The zero-order valence-corrected chi connectivity index (χ0v) is 18.8. The van der Waals surface area contributed by atoms with Gasteiger partial charge >= 0.3 is 0 Å². The number of rotatable bonds is 7. The van der Waals surface area contributed by atoms with Crippen LogP contribution in [0.5, 0.6) is 5.75 Å². The third-order valence-corrected chi connectivity index (χ3v) is 6.82. The van der Waals surface area contributed by atoms with Gasteiger partial charge in [0.1, 0.15) is 5.75 Å². The molecule has 3 aromatic rings. The van der Waals surface area contributed by atoms with Crippen LogP contribution in [0.2, 0.25) is 0 Å². The number of hydrogen-bond donors (Lipinski definition) is 1. The fraction of sp³-hybridized carbons (Fsp3) is 0.208. The molecule has 1 N–H and O–H groups in total. The normalized spacial score (nSPS) is 11.3. The van der Waals surface area contributed by atoms with E-state index in [0.717, 1.165) is 11.3 Å². The summed E-state index contributed by atoms with van der Waals surface area (Å²) in [6, 6.07) is 20.4. The quantitative estimate of drug-likeness (QED) is 0.569. The molecule has 0 aliphatic heterocycles. The topological polar surface area (TPSA) is 75.7 Å². The number of hydrogen-bond acceptors (Lipinski definition) is 4. The largest absolute Gasteiger partial charge is 0.495 e. The predicted molar refractivity (Wildman–Crippen MR) is 124 cm³/mol. The molecule has 3 rings (SSSR count). The van der Waals surface area contributed by atoms with Gasteiger partial charge in [0.25, 0.3) is 15.9 Å². The molecule has 0 heterocycles. The maximum atomic E-state index is 13.1. The van der Waals surface area contributed by atoms with E-state index in [1.54, 1.807) is 24.3 Å². The molecule has 1 amide bonds. The highest BCUT2D eigenvalue weighted by atomic mass is 32.2. The fourth-order valence-corrected chi connectivity index (χ4v) is 4.47. The molecule has 0 spiro atoms. The van der Waals surface area contributed by atoms with Crippen LogP contribution in [-0.4, -0.2) is 28.5 Å². The van der Waals surface area contributed by atoms with Crippen molar-refractivity contribution in [2.75, 3.05) is 23.8 Å². The second-order valence-corrected chi connectivity index (χ2v) is 9.33. The molecule has 0 aliphatic rings. The molecule has 0 bridgehead atoms. The van der Waals surface area contributed by atoms with Crippen LogP contribution >= 0.6 is 0 Å². The highest BCUT2D eigenvalue weighted by molar-refractivity contribution is 7.92. The summed E-state index contributed by atoms with van der Waals surface area (Å²) in [6.45, 7) is 4.12. The number of sulfonamides is 1. The maximum Gasteiger partial charge on any atom is 0.264 e. The SMILES string of the molecule is COc1ccccc1N(C)S(=O)(=O)c1ccc(C(=O)Nc2ccccc2C(C)C)cc1. The van der Waals surface area contributed by atoms with E-state index in [1.165, 1.54) is 42.7 Å². The van der Waals surface area contributed by atoms with Crippen LogP contribution in [0.4, 0.5) is 11.4 Å². The standard InChI is InChI=1S/C24H26N2O4S/c1-17(2)20-9-5-6-10-21(20)25-24(27)18-13-15-19(16-14-18)31(28,29)26(3)22-11-7-8-12-23(22)30-4/h5-17H,1-4H3,(H,25,27). The molecule has 0 atom stereocenters. The number of anilines is 2. The summed E-state index contributed by atoms with van der Waals surface area (Å²) in [5.41, 5.74) is 2.58. The van der Waals surface area contributed by atoms with Crippen LogP contribution in [0.3, 0.4) is 0 Å². The molecular weight excluding hydrogens is 412 g/mol. The minimum atomic E-state index is -3.82. The van der Waals surface area contributed by atoms with Gasteiger partial charge in [0.05, 0.1) is 17.7 Å². The molecule has 0 saturated heterocycles. The number of benzene rings is 3. The van der Waals surface area contributed by atoms with Gasteiger partial charge in [0, 0.05) is 18.3 Å². The Kier molecular flexibility index (Phi) is 6.65. The first kappa shape index (κ1) is 22.4. The number of nitrogens with zero attached hydrogens (tertiary/aromatic N) is 1. The lowest BCUT2D eigenvalue weighted by Crippen LogP contribution is -2.27. The average molecular weight is 439 g/mol. The smallest absolute Gasteiger partial charge is 0.264 e. The number of carbonyl (C=O) groups excluding carboxylic acids is 1. The first-order valence-corrected chi connectivity index (χ1v) is 11.3. The van der Waals surface area contributed by atoms with E-state index in [2.05, 4.69) is 19.2 Å². The molecule has 0 saturated carbocycles. The lowest BCUT2D eigenvalue weighted by atomic mass is 10.0. The van der Waals surface area contributed by atoms with Crippen LogP contribution in [0.1, 0.15) is 35.7 Å². The zero-order chi connectivity index (χ0) is 22.6. The highest BCUT2D eigenvalue weighted by Gasteiger charge is 2.24. The Morgan fingerprint density at radius 1 is 0.935 bits per heavy atom. The molecule has 0 radical (unpaired) electrons. The Balaban J connectivity index is 1.83. The van der Waals surface area contributed by atoms with Gasteiger partial charge in [-0.1, -0.05) is 44.2 Å². The lowest BCUT2D eigenvalue weighted by Gasteiger charge is -2.21. The van der Waals surface area contributed by atoms with Crippen molar-refractivity contribution < 1.29 is 17.9 Å². The van der Waals surface area contributed by atoms with Crippen molar-refractivity contribution >= 4 is 27.3 Å². The van der Waals surface area contributed by atoms with Gasteiger partial charge in [-0.25, -0.2) is 8.42 Å². The van der Waals surface area contributed by atoms with Gasteiger partial charge in [-0.15, -0.1) is 0 Å². The van der Waals surface area contributed by atoms with Crippen molar-refractivity contribution in [2.24, 2.45) is 0 Å². The maximum absolute atomic E-state index is 13.1. The monoisotopic (exact) mass is 438 g/mol. The molecule has 0 aliphatic carbocycles. The minimum Gasteiger partial charge on any atom is -0.495 e. The minimum absolute atomic E-state index is 0.0834. The van der Waals surface area contributed by atoms with Gasteiger partial charge in [-0.2, -0.15) is 0 Å². The first-order valence-electron chi connectivity index (χ1n) is 9.88. The molecule has 162 valence electrons. The number of nitrogens with one attached hydrogen (secondary N) is 1. The third-order valence-electron chi connectivity index (χ3n) is 5.03. The number of methoxy groups -OCH3 is 1. The molecule has 0 unspecified atom stereocenters. The van der Waals surface area contributed by atoms with Crippen LogP contribution in [0, 0.1) is 0 Å². The van der Waals surface area contributed by atoms with Crippen LogP contribution in [0.15, 0.2) is 77.7 Å². The van der Waals surface area contributed by atoms with Crippen molar-refractivity contribution in [1.82, 2.24) is 0 Å². The Morgan fingerprint density at radius 2 is 1.55 bits per heavy atom. The van der Waals surface area contributed by atoms with Gasteiger partial charge in [-0.3, -0.25) is 9.10 Å². The van der Waals surface area contributed by atoms with E-state index >= 15 is 0 Å². The highest BCUT2D eigenvalue weighted by Crippen LogP contribution is 2.31. The number of para-hydroxylation sites is 3. The summed E-state index contributed by atoms with van der Waals surface area (Å²) in [4.78, 5) is 12.8. The van der Waals surface area contributed by atoms with Crippen molar-refractivity contribution in [3.63, 3.8) is 0 Å². The third kappa shape index (κ3) is 4.72. The Labute approximate surface area is 183 Å². The first-order chi connectivity index (χ1) is 14.8.